The molecular formula is C16H24N2O3. The third-order valence-corrected chi connectivity index (χ3v) is 3.82. The van der Waals surface area contributed by atoms with Crippen LogP contribution in [-0.4, -0.2) is 67.3 Å². The number of aliphatic hydroxyl groups excluding tert-OH is 1. The van der Waals surface area contributed by atoms with Crippen molar-refractivity contribution in [3.05, 3.63) is 35.4 Å². The van der Waals surface area contributed by atoms with Crippen LogP contribution in [0, 0.1) is 0 Å². The first-order valence-electron chi connectivity index (χ1n) is 7.23. The Hall–Kier alpha value is -1.43. The molecule has 1 aliphatic heterocycles. The van der Waals surface area contributed by atoms with Gasteiger partial charge in [-0.15, -0.1) is 0 Å². The quantitative estimate of drug-likeness (QED) is 0.820. The van der Waals surface area contributed by atoms with Crippen molar-refractivity contribution in [1.82, 2.24) is 9.80 Å². The predicted octanol–water partition coefficient (Wildman–Crippen LogP) is 0.970. The molecule has 0 radical (unpaired) electrons. The summed E-state index contributed by atoms with van der Waals surface area (Å²) in [5, 5.41) is 9.91. The fraction of sp³-hybridized carbons (Fsp3) is 0.562. The molecule has 0 saturated carbocycles. The molecule has 21 heavy (non-hydrogen) atoms. The molecule has 1 aromatic carbocycles. The molecule has 116 valence electrons. The van der Waals surface area contributed by atoms with Crippen LogP contribution in [0.4, 0.5) is 0 Å². The van der Waals surface area contributed by atoms with E-state index in [9.17, 15) is 9.90 Å². The first-order chi connectivity index (χ1) is 9.99. The number of nitrogens with zero attached hydrogens (tertiary/aromatic N) is 2. The third-order valence-electron chi connectivity index (χ3n) is 3.82. The first-order valence-corrected chi connectivity index (χ1v) is 7.23. The van der Waals surface area contributed by atoms with E-state index in [2.05, 4.69) is 9.80 Å². The van der Waals surface area contributed by atoms with Crippen molar-refractivity contribution >= 4 is 5.97 Å². The second-order valence-corrected chi connectivity index (χ2v) is 5.93. The average molecular weight is 292 g/mol. The number of carbonyl (C=O) groups excluding carboxylic acids is 1. The van der Waals surface area contributed by atoms with Crippen LogP contribution in [0.1, 0.15) is 22.3 Å². The molecule has 1 N–H and O–H groups in total. The maximum absolute atomic E-state index is 11.6. The highest BCUT2D eigenvalue weighted by molar-refractivity contribution is 5.89. The van der Waals surface area contributed by atoms with Gasteiger partial charge in [0.25, 0.3) is 0 Å². The summed E-state index contributed by atoms with van der Waals surface area (Å²) >= 11 is 0. The molecule has 0 spiro atoms. The van der Waals surface area contributed by atoms with Gasteiger partial charge in [0, 0.05) is 25.7 Å². The van der Waals surface area contributed by atoms with Crippen LogP contribution >= 0.6 is 0 Å². The van der Waals surface area contributed by atoms with Crippen LogP contribution in [0.5, 0.6) is 0 Å². The highest BCUT2D eigenvalue weighted by atomic mass is 16.5. The summed E-state index contributed by atoms with van der Waals surface area (Å²) in [4.78, 5) is 16.0. The van der Waals surface area contributed by atoms with Gasteiger partial charge in [0.1, 0.15) is 0 Å². The van der Waals surface area contributed by atoms with Crippen molar-refractivity contribution in [2.75, 3.05) is 34.3 Å². The van der Waals surface area contributed by atoms with Gasteiger partial charge in [-0.05, 0) is 38.2 Å². The van der Waals surface area contributed by atoms with Gasteiger partial charge >= 0.3 is 5.97 Å². The summed E-state index contributed by atoms with van der Waals surface area (Å²) in [6, 6.07) is 7.84. The number of hydrogen-bond donors (Lipinski definition) is 1. The number of likely N-dealkylation sites (N-methyl/N-ethyl adjacent to an activating group) is 1. The van der Waals surface area contributed by atoms with Gasteiger partial charge in [0.05, 0.1) is 18.8 Å². The van der Waals surface area contributed by atoms with Gasteiger partial charge in [-0.2, -0.15) is 0 Å². The highest BCUT2D eigenvalue weighted by Gasteiger charge is 2.31. The van der Waals surface area contributed by atoms with Crippen molar-refractivity contribution in [3.63, 3.8) is 0 Å². The van der Waals surface area contributed by atoms with E-state index in [4.69, 9.17) is 4.74 Å². The minimum atomic E-state index is -0.317. The maximum atomic E-state index is 11.6. The van der Waals surface area contributed by atoms with Crippen LogP contribution in [0.15, 0.2) is 24.3 Å². The Bertz CT molecular complexity index is 490. The Balaban J connectivity index is 2.07. The molecule has 1 fully saturated rings. The van der Waals surface area contributed by atoms with Crippen LogP contribution in [0.25, 0.3) is 0 Å². The summed E-state index contributed by atoms with van der Waals surface area (Å²) < 4.78 is 4.75. The van der Waals surface area contributed by atoms with E-state index in [1.807, 2.05) is 32.3 Å². The van der Waals surface area contributed by atoms with Crippen LogP contribution in [-0.2, 0) is 11.3 Å². The van der Waals surface area contributed by atoms with Gasteiger partial charge in [0.2, 0.25) is 0 Å². The molecule has 5 heteroatoms. The SMILES string of the molecule is COC(=O)c1cccc(CN2CC(O)CC2CN(C)C)c1. The summed E-state index contributed by atoms with van der Waals surface area (Å²) in [6.07, 6.45) is 0.535. The molecule has 2 rings (SSSR count). The van der Waals surface area contributed by atoms with Crippen molar-refractivity contribution in [3.8, 4) is 0 Å². The lowest BCUT2D eigenvalue weighted by atomic mass is 10.1. The van der Waals surface area contributed by atoms with Crippen molar-refractivity contribution < 1.29 is 14.6 Å². The van der Waals surface area contributed by atoms with E-state index < -0.39 is 0 Å². The molecule has 5 nitrogen and oxygen atoms in total. The Morgan fingerprint density at radius 3 is 2.90 bits per heavy atom. The van der Waals surface area contributed by atoms with Crippen molar-refractivity contribution in [2.45, 2.75) is 25.1 Å². The lowest BCUT2D eigenvalue weighted by Gasteiger charge is -2.26. The van der Waals surface area contributed by atoms with Gasteiger partial charge < -0.3 is 14.7 Å². The zero-order chi connectivity index (χ0) is 15.4. The fourth-order valence-electron chi connectivity index (χ4n) is 2.91. The number of methoxy groups -OCH3 is 1. The molecule has 1 heterocycles. The Morgan fingerprint density at radius 1 is 1.48 bits per heavy atom. The number of hydrogen-bond acceptors (Lipinski definition) is 5. The Labute approximate surface area is 126 Å². The van der Waals surface area contributed by atoms with E-state index in [-0.39, 0.29) is 12.1 Å². The van der Waals surface area contributed by atoms with Gasteiger partial charge in [0.15, 0.2) is 0 Å². The Morgan fingerprint density at radius 2 is 2.24 bits per heavy atom. The van der Waals surface area contributed by atoms with Gasteiger partial charge in [-0.25, -0.2) is 4.79 Å². The molecule has 0 amide bonds. The second kappa shape index (κ2) is 7.02. The lowest BCUT2D eigenvalue weighted by molar-refractivity contribution is 0.0600. The van der Waals surface area contributed by atoms with Crippen LogP contribution < -0.4 is 0 Å². The zero-order valence-electron chi connectivity index (χ0n) is 13.0. The van der Waals surface area contributed by atoms with Gasteiger partial charge in [-0.1, -0.05) is 12.1 Å². The van der Waals surface area contributed by atoms with Crippen LogP contribution in [0.3, 0.4) is 0 Å². The number of likely N-dealkylation sites (tertiary alicyclic amines) is 1. The molecule has 0 bridgehead atoms. The van der Waals surface area contributed by atoms with E-state index in [1.54, 1.807) is 6.07 Å². The van der Waals surface area contributed by atoms with Crippen molar-refractivity contribution in [1.29, 1.82) is 0 Å². The lowest BCUT2D eigenvalue weighted by Crippen LogP contribution is -2.37. The number of β-amino-alcohol motifs (C(OH)–C–C–N with tert-alkyl or cyclic N) is 1. The zero-order valence-corrected chi connectivity index (χ0v) is 13.0. The summed E-state index contributed by atoms with van der Waals surface area (Å²) in [6.45, 7) is 2.34. The number of rotatable bonds is 5. The molecular weight excluding hydrogens is 268 g/mol. The fourth-order valence-corrected chi connectivity index (χ4v) is 2.91. The maximum Gasteiger partial charge on any atom is 0.337 e. The summed E-state index contributed by atoms with van der Waals surface area (Å²) in [5.74, 6) is -0.317. The molecule has 2 atom stereocenters. The number of benzene rings is 1. The molecule has 1 aliphatic rings. The molecule has 0 aliphatic carbocycles. The minimum absolute atomic E-state index is 0.265. The standard InChI is InChI=1S/C16H24N2O3/c1-17(2)10-14-8-15(19)11-18(14)9-12-5-4-6-13(7-12)16(20)21-3/h4-7,14-15,19H,8-11H2,1-3H3. The van der Waals surface area contributed by atoms with E-state index >= 15 is 0 Å². The van der Waals surface area contributed by atoms with Crippen LogP contribution in [0.2, 0.25) is 0 Å². The first kappa shape index (κ1) is 15.9. The monoisotopic (exact) mass is 292 g/mol. The highest BCUT2D eigenvalue weighted by Crippen LogP contribution is 2.21. The normalized spacial score (nSPS) is 22.7. The number of aliphatic hydroxyl groups is 1. The number of ether oxygens (including phenoxy) is 1. The summed E-state index contributed by atoms with van der Waals surface area (Å²) in [7, 11) is 5.47. The van der Waals surface area contributed by atoms with E-state index in [0.717, 1.165) is 25.1 Å². The molecule has 1 aromatic rings. The molecule has 0 aromatic heterocycles. The molecule has 1 saturated heterocycles. The average Bonchev–Trinajstić information content (AvgIpc) is 2.77. The van der Waals surface area contributed by atoms with E-state index in [0.29, 0.717) is 18.2 Å². The third kappa shape index (κ3) is 4.27. The van der Waals surface area contributed by atoms with Crippen molar-refractivity contribution in [2.24, 2.45) is 0 Å². The second-order valence-electron chi connectivity index (χ2n) is 5.93. The number of esters is 1. The minimum Gasteiger partial charge on any atom is -0.465 e. The topological polar surface area (TPSA) is 53.0 Å². The summed E-state index contributed by atoms with van der Waals surface area (Å²) in [5.41, 5.74) is 1.63. The van der Waals surface area contributed by atoms with Gasteiger partial charge in [-0.3, -0.25) is 4.90 Å². The molecule has 2 unspecified atom stereocenters. The van der Waals surface area contributed by atoms with E-state index in [1.165, 1.54) is 7.11 Å². The smallest absolute Gasteiger partial charge is 0.337 e. The largest absolute Gasteiger partial charge is 0.465 e. The predicted molar refractivity (Wildman–Crippen MR) is 81.2 cm³/mol. The Kier molecular flexibility index (Phi) is 5.33. The number of carbonyl (C=O) groups is 1.